The average molecular weight is 328 g/mol. The summed E-state index contributed by atoms with van der Waals surface area (Å²) in [5.41, 5.74) is 2.76. The lowest BCUT2D eigenvalue weighted by Gasteiger charge is -2.12. The third kappa shape index (κ3) is 4.22. The number of hydrogen-bond donors (Lipinski definition) is 2. The predicted molar refractivity (Wildman–Crippen MR) is 94.4 cm³/mol. The van der Waals surface area contributed by atoms with Crippen LogP contribution in [0.4, 0.5) is 5.69 Å². The third-order valence-electron chi connectivity index (χ3n) is 3.86. The summed E-state index contributed by atoms with van der Waals surface area (Å²) < 4.78 is 1.67. The fraction of sp³-hybridized carbons (Fsp3) is 0.389. The van der Waals surface area contributed by atoms with E-state index in [2.05, 4.69) is 15.7 Å². The maximum absolute atomic E-state index is 12.3. The normalized spacial score (nSPS) is 11.8. The molecule has 0 spiro atoms. The number of amides is 2. The van der Waals surface area contributed by atoms with Crippen LogP contribution in [0.3, 0.4) is 0 Å². The molecule has 0 aliphatic heterocycles. The predicted octanol–water partition coefficient (Wildman–Crippen LogP) is 3.06. The van der Waals surface area contributed by atoms with Crippen LogP contribution in [0.1, 0.15) is 49.7 Å². The van der Waals surface area contributed by atoms with Crippen LogP contribution < -0.4 is 10.6 Å². The Labute approximate surface area is 142 Å². The fourth-order valence-corrected chi connectivity index (χ4v) is 2.15. The van der Waals surface area contributed by atoms with E-state index in [0.29, 0.717) is 17.7 Å². The van der Waals surface area contributed by atoms with E-state index in [9.17, 15) is 9.59 Å². The Hall–Kier alpha value is -2.63. The Morgan fingerprint density at radius 2 is 2.04 bits per heavy atom. The molecule has 0 saturated heterocycles. The molecule has 0 fully saturated rings. The molecule has 0 aliphatic carbocycles. The van der Waals surface area contributed by atoms with Crippen LogP contribution in [0.2, 0.25) is 0 Å². The van der Waals surface area contributed by atoms with Crippen LogP contribution in [-0.4, -0.2) is 27.6 Å². The van der Waals surface area contributed by atoms with Gasteiger partial charge in [-0.05, 0) is 38.5 Å². The van der Waals surface area contributed by atoms with Crippen molar-refractivity contribution in [2.45, 2.75) is 46.6 Å². The molecule has 0 saturated carbocycles. The van der Waals surface area contributed by atoms with E-state index in [-0.39, 0.29) is 17.9 Å². The minimum absolute atomic E-state index is 0.0562. The maximum Gasteiger partial charge on any atom is 0.251 e. The number of nitrogens with one attached hydrogen (secondary N) is 2. The molecule has 0 unspecified atom stereocenters. The number of carbonyl (C=O) groups excluding carboxylic acids is 2. The molecular formula is C18H24N4O2. The second-order valence-electron chi connectivity index (χ2n) is 5.81. The Morgan fingerprint density at radius 3 is 2.71 bits per heavy atom. The summed E-state index contributed by atoms with van der Waals surface area (Å²) in [4.78, 5) is 23.8. The summed E-state index contributed by atoms with van der Waals surface area (Å²) in [5, 5.41) is 10.2. The molecule has 6 heteroatoms. The first-order chi connectivity index (χ1) is 11.4. The van der Waals surface area contributed by atoms with Crippen molar-refractivity contribution in [3.05, 3.63) is 41.7 Å². The third-order valence-corrected chi connectivity index (χ3v) is 3.86. The number of carbonyl (C=O) groups is 2. The molecule has 1 aromatic heterocycles. The van der Waals surface area contributed by atoms with Crippen molar-refractivity contribution in [2.24, 2.45) is 0 Å². The zero-order valence-corrected chi connectivity index (χ0v) is 14.6. The largest absolute Gasteiger partial charge is 0.350 e. The van der Waals surface area contributed by atoms with Crippen LogP contribution in [0.25, 0.3) is 5.69 Å². The van der Waals surface area contributed by atoms with E-state index >= 15 is 0 Å². The Bertz CT molecular complexity index is 736. The number of benzene rings is 1. The van der Waals surface area contributed by atoms with Gasteiger partial charge in [-0.15, -0.1) is 0 Å². The summed E-state index contributed by atoms with van der Waals surface area (Å²) in [6, 6.07) is 7.39. The molecule has 1 atom stereocenters. The molecule has 1 heterocycles. The highest BCUT2D eigenvalue weighted by atomic mass is 16.2. The molecule has 1 aromatic carbocycles. The summed E-state index contributed by atoms with van der Waals surface area (Å²) in [7, 11) is 0. The van der Waals surface area contributed by atoms with E-state index in [1.807, 2.05) is 32.9 Å². The second kappa shape index (κ2) is 7.77. The van der Waals surface area contributed by atoms with Gasteiger partial charge >= 0.3 is 0 Å². The van der Waals surface area contributed by atoms with Gasteiger partial charge in [-0.2, -0.15) is 5.10 Å². The smallest absolute Gasteiger partial charge is 0.251 e. The van der Waals surface area contributed by atoms with Crippen molar-refractivity contribution in [1.29, 1.82) is 0 Å². The highest BCUT2D eigenvalue weighted by Gasteiger charge is 2.12. The first-order valence-corrected chi connectivity index (χ1v) is 8.22. The highest BCUT2D eigenvalue weighted by molar-refractivity contribution is 5.95. The van der Waals surface area contributed by atoms with Crippen LogP contribution in [0.5, 0.6) is 0 Å². The van der Waals surface area contributed by atoms with Crippen LogP contribution in [0, 0.1) is 6.92 Å². The van der Waals surface area contributed by atoms with Gasteiger partial charge in [0.1, 0.15) is 0 Å². The minimum Gasteiger partial charge on any atom is -0.350 e. The van der Waals surface area contributed by atoms with Crippen molar-refractivity contribution >= 4 is 17.5 Å². The Kier molecular flexibility index (Phi) is 5.73. The van der Waals surface area contributed by atoms with Crippen molar-refractivity contribution in [2.75, 3.05) is 5.32 Å². The van der Waals surface area contributed by atoms with Crippen molar-refractivity contribution in [3.8, 4) is 5.69 Å². The SMILES string of the molecule is CCC(=O)Nc1cn(-c2cccc(C(=O)N[C@@H](C)CC)c2)nc1C. The van der Waals surface area contributed by atoms with Gasteiger partial charge in [0.25, 0.3) is 5.91 Å². The van der Waals surface area contributed by atoms with Gasteiger partial charge in [0, 0.05) is 18.0 Å². The topological polar surface area (TPSA) is 76.0 Å². The molecule has 2 aromatic rings. The zero-order valence-electron chi connectivity index (χ0n) is 14.6. The van der Waals surface area contributed by atoms with E-state index in [4.69, 9.17) is 0 Å². The Balaban J connectivity index is 2.24. The molecule has 0 radical (unpaired) electrons. The number of nitrogens with zero attached hydrogens (tertiary/aromatic N) is 2. The van der Waals surface area contributed by atoms with Crippen molar-refractivity contribution in [3.63, 3.8) is 0 Å². The zero-order chi connectivity index (χ0) is 17.7. The molecule has 0 aliphatic rings. The molecule has 0 bridgehead atoms. The summed E-state index contributed by atoms with van der Waals surface area (Å²) in [6.45, 7) is 7.64. The van der Waals surface area contributed by atoms with Crippen LogP contribution >= 0.6 is 0 Å². The van der Waals surface area contributed by atoms with E-state index in [1.165, 1.54) is 0 Å². The lowest BCUT2D eigenvalue weighted by atomic mass is 10.1. The van der Waals surface area contributed by atoms with Crippen molar-refractivity contribution < 1.29 is 9.59 Å². The van der Waals surface area contributed by atoms with Crippen LogP contribution in [0.15, 0.2) is 30.5 Å². The summed E-state index contributed by atoms with van der Waals surface area (Å²) in [6.07, 6.45) is 3.05. The monoisotopic (exact) mass is 328 g/mol. The van der Waals surface area contributed by atoms with Crippen molar-refractivity contribution in [1.82, 2.24) is 15.1 Å². The average Bonchev–Trinajstić information content (AvgIpc) is 2.95. The minimum atomic E-state index is -0.102. The standard InChI is InChI=1S/C18H24N4O2/c1-5-12(3)19-18(24)14-8-7-9-15(10-14)22-11-16(13(4)21-22)20-17(23)6-2/h7-12H,5-6H2,1-4H3,(H,19,24)(H,20,23)/t12-/m0/s1. The maximum atomic E-state index is 12.3. The lowest BCUT2D eigenvalue weighted by Crippen LogP contribution is -2.31. The van der Waals surface area contributed by atoms with Gasteiger partial charge in [0.15, 0.2) is 0 Å². The van der Waals surface area contributed by atoms with Gasteiger partial charge in [-0.1, -0.05) is 19.9 Å². The van der Waals surface area contributed by atoms with E-state index in [0.717, 1.165) is 17.8 Å². The van der Waals surface area contributed by atoms with E-state index in [1.54, 1.807) is 29.9 Å². The molecule has 2 rings (SSSR count). The second-order valence-corrected chi connectivity index (χ2v) is 5.81. The molecule has 2 N–H and O–H groups in total. The lowest BCUT2D eigenvalue weighted by molar-refractivity contribution is -0.115. The summed E-state index contributed by atoms with van der Waals surface area (Å²) in [5.74, 6) is -0.158. The molecule has 2 amide bonds. The quantitative estimate of drug-likeness (QED) is 0.855. The number of aromatic nitrogens is 2. The number of aryl methyl sites for hydroxylation is 1. The number of anilines is 1. The van der Waals surface area contributed by atoms with E-state index < -0.39 is 0 Å². The Morgan fingerprint density at radius 1 is 1.29 bits per heavy atom. The first kappa shape index (κ1) is 17.7. The number of rotatable bonds is 6. The van der Waals surface area contributed by atoms with Crippen LogP contribution in [-0.2, 0) is 4.79 Å². The van der Waals surface area contributed by atoms with Gasteiger partial charge in [0.2, 0.25) is 5.91 Å². The van der Waals surface area contributed by atoms with Gasteiger partial charge in [0.05, 0.1) is 23.3 Å². The number of hydrogen-bond acceptors (Lipinski definition) is 3. The van der Waals surface area contributed by atoms with Gasteiger partial charge in [-0.3, -0.25) is 9.59 Å². The molecule has 128 valence electrons. The van der Waals surface area contributed by atoms with Gasteiger partial charge in [-0.25, -0.2) is 4.68 Å². The van der Waals surface area contributed by atoms with Gasteiger partial charge < -0.3 is 10.6 Å². The molecule has 6 nitrogen and oxygen atoms in total. The summed E-state index contributed by atoms with van der Waals surface area (Å²) >= 11 is 0. The molecular weight excluding hydrogens is 304 g/mol. The highest BCUT2D eigenvalue weighted by Crippen LogP contribution is 2.18. The molecule has 24 heavy (non-hydrogen) atoms. The first-order valence-electron chi connectivity index (χ1n) is 8.22. The fourth-order valence-electron chi connectivity index (χ4n) is 2.15.